The lowest BCUT2D eigenvalue weighted by Crippen LogP contribution is -2.33. The average molecular weight is 395 g/mol. The highest BCUT2D eigenvalue weighted by molar-refractivity contribution is 5.82. The van der Waals surface area contributed by atoms with Crippen LogP contribution in [-0.4, -0.2) is 24.5 Å². The quantitative estimate of drug-likeness (QED) is 0.586. The second-order valence-electron chi connectivity index (χ2n) is 8.36. The molecule has 4 rings (SSSR count). The molecule has 3 aromatic rings. The highest BCUT2D eigenvalue weighted by Crippen LogP contribution is 2.28. The first-order chi connectivity index (χ1) is 14.0. The number of hydrogen-bond donors (Lipinski definition) is 1. The number of rotatable bonds is 7. The monoisotopic (exact) mass is 394 g/mol. The summed E-state index contributed by atoms with van der Waals surface area (Å²) in [6.45, 7) is 10.0. The molecule has 5 heteroatoms. The fourth-order valence-electron chi connectivity index (χ4n) is 4.45. The molecule has 0 spiro atoms. The van der Waals surface area contributed by atoms with E-state index in [4.69, 9.17) is 8.83 Å². The number of nitrogens with zero attached hydrogens (tertiary/aromatic N) is 1. The molecule has 1 aliphatic rings. The zero-order valence-corrected chi connectivity index (χ0v) is 17.5. The van der Waals surface area contributed by atoms with E-state index in [1.807, 2.05) is 12.1 Å². The molecular formula is C24H30N2O3. The van der Waals surface area contributed by atoms with Crippen LogP contribution in [0.1, 0.15) is 61.1 Å². The van der Waals surface area contributed by atoms with Gasteiger partial charge in [-0.2, -0.15) is 0 Å². The highest BCUT2D eigenvalue weighted by Gasteiger charge is 2.25. The summed E-state index contributed by atoms with van der Waals surface area (Å²) in [4.78, 5) is 14.6. The lowest BCUT2D eigenvalue weighted by molar-refractivity contribution is 0.209. The molecule has 1 aromatic carbocycles. The predicted octanol–water partition coefficient (Wildman–Crippen LogP) is 4.74. The smallest absolute Gasteiger partial charge is 0.336 e. The van der Waals surface area contributed by atoms with E-state index >= 15 is 0 Å². The van der Waals surface area contributed by atoms with E-state index in [9.17, 15) is 4.79 Å². The lowest BCUT2D eigenvalue weighted by atomic mass is 9.95. The Balaban J connectivity index is 1.57. The Morgan fingerprint density at radius 3 is 2.66 bits per heavy atom. The minimum Gasteiger partial charge on any atom is -0.468 e. The molecule has 1 atom stereocenters. The molecule has 0 bridgehead atoms. The Morgan fingerprint density at radius 2 is 1.97 bits per heavy atom. The fourth-order valence-corrected chi connectivity index (χ4v) is 4.45. The Morgan fingerprint density at radius 1 is 1.17 bits per heavy atom. The number of nitrogens with one attached hydrogen (secondary N) is 1. The molecule has 1 saturated heterocycles. The van der Waals surface area contributed by atoms with Crippen molar-refractivity contribution < 1.29 is 8.83 Å². The molecular weight excluding hydrogens is 364 g/mol. The first-order valence-corrected chi connectivity index (χ1v) is 10.6. The van der Waals surface area contributed by atoms with E-state index in [-0.39, 0.29) is 11.7 Å². The molecule has 2 aromatic heterocycles. The SMILES string of the molecule is Cc1cc2oc(=O)cc(CNC[C@H](c3ccco3)N3CCCC3)c2cc1C(C)C. The second-order valence-corrected chi connectivity index (χ2v) is 8.36. The molecule has 5 nitrogen and oxygen atoms in total. The van der Waals surface area contributed by atoms with Gasteiger partial charge in [-0.3, -0.25) is 4.90 Å². The fraction of sp³-hybridized carbons (Fsp3) is 0.458. The van der Waals surface area contributed by atoms with Crippen LogP contribution in [-0.2, 0) is 6.54 Å². The molecule has 0 saturated carbocycles. The average Bonchev–Trinajstić information content (AvgIpc) is 3.38. The van der Waals surface area contributed by atoms with Gasteiger partial charge in [-0.25, -0.2) is 4.79 Å². The van der Waals surface area contributed by atoms with Crippen LogP contribution in [0, 0.1) is 6.92 Å². The van der Waals surface area contributed by atoms with Gasteiger partial charge in [0.1, 0.15) is 11.3 Å². The van der Waals surface area contributed by atoms with Crippen molar-refractivity contribution in [2.24, 2.45) is 0 Å². The van der Waals surface area contributed by atoms with Crippen LogP contribution in [0.15, 0.2) is 50.2 Å². The maximum absolute atomic E-state index is 12.1. The molecule has 0 amide bonds. The Kier molecular flexibility index (Phi) is 5.88. The van der Waals surface area contributed by atoms with Crippen molar-refractivity contribution >= 4 is 11.0 Å². The lowest BCUT2D eigenvalue weighted by Gasteiger charge is -2.26. The largest absolute Gasteiger partial charge is 0.468 e. The first kappa shape index (κ1) is 19.9. The predicted molar refractivity (Wildman–Crippen MR) is 115 cm³/mol. The number of likely N-dealkylation sites (tertiary alicyclic amines) is 1. The van der Waals surface area contributed by atoms with E-state index in [0.29, 0.717) is 18.0 Å². The maximum Gasteiger partial charge on any atom is 0.336 e. The number of hydrogen-bond acceptors (Lipinski definition) is 5. The third-order valence-electron chi connectivity index (χ3n) is 5.95. The molecule has 154 valence electrons. The second kappa shape index (κ2) is 8.56. The Hall–Kier alpha value is -2.37. The molecule has 0 radical (unpaired) electrons. The molecule has 1 fully saturated rings. The number of furan rings is 1. The van der Waals surface area contributed by atoms with Crippen LogP contribution in [0.2, 0.25) is 0 Å². The first-order valence-electron chi connectivity index (χ1n) is 10.6. The van der Waals surface area contributed by atoms with E-state index in [1.54, 1.807) is 12.3 Å². The molecule has 29 heavy (non-hydrogen) atoms. The van der Waals surface area contributed by atoms with E-state index < -0.39 is 0 Å². The summed E-state index contributed by atoms with van der Waals surface area (Å²) in [6, 6.07) is 10.0. The van der Waals surface area contributed by atoms with Gasteiger partial charge >= 0.3 is 5.63 Å². The third kappa shape index (κ3) is 4.31. The number of fused-ring (bicyclic) bond motifs is 1. The van der Waals surface area contributed by atoms with Crippen molar-refractivity contribution in [3.63, 3.8) is 0 Å². The standard InChI is InChI=1S/C24H30N2O3/c1-16(2)19-13-20-18(12-24(27)29-23(20)11-17(19)3)14-25-15-21(22-7-6-10-28-22)26-8-4-5-9-26/h6-7,10-13,16,21,25H,4-5,8-9,14-15H2,1-3H3/t21-/m1/s1. The van der Waals surface area contributed by atoms with Gasteiger partial charge in [-0.1, -0.05) is 13.8 Å². The number of benzene rings is 1. The normalized spacial score (nSPS) is 16.1. The molecule has 3 heterocycles. The minimum absolute atomic E-state index is 0.215. The van der Waals surface area contributed by atoms with Crippen LogP contribution in [0.3, 0.4) is 0 Å². The van der Waals surface area contributed by atoms with Gasteiger partial charge in [0.25, 0.3) is 0 Å². The van der Waals surface area contributed by atoms with Crippen molar-refractivity contribution in [2.75, 3.05) is 19.6 Å². The van der Waals surface area contributed by atoms with Crippen LogP contribution < -0.4 is 10.9 Å². The van der Waals surface area contributed by atoms with Crippen LogP contribution in [0.5, 0.6) is 0 Å². The van der Waals surface area contributed by atoms with Crippen molar-refractivity contribution in [3.8, 4) is 0 Å². The highest BCUT2D eigenvalue weighted by atomic mass is 16.4. The van der Waals surface area contributed by atoms with Crippen molar-refractivity contribution in [1.29, 1.82) is 0 Å². The van der Waals surface area contributed by atoms with Crippen LogP contribution in [0.25, 0.3) is 11.0 Å². The van der Waals surface area contributed by atoms with Crippen LogP contribution in [0.4, 0.5) is 0 Å². The zero-order valence-electron chi connectivity index (χ0n) is 17.5. The summed E-state index contributed by atoms with van der Waals surface area (Å²) in [6.07, 6.45) is 4.21. The molecule has 0 unspecified atom stereocenters. The van der Waals surface area contributed by atoms with Crippen molar-refractivity contribution in [3.05, 3.63) is 69.5 Å². The summed E-state index contributed by atoms with van der Waals surface area (Å²) in [5.41, 5.74) is 3.80. The van der Waals surface area contributed by atoms with Gasteiger partial charge in [-0.15, -0.1) is 0 Å². The maximum atomic E-state index is 12.1. The summed E-state index contributed by atoms with van der Waals surface area (Å²) in [7, 11) is 0. The van der Waals surface area contributed by atoms with Crippen LogP contribution >= 0.6 is 0 Å². The Bertz CT molecular complexity index is 1010. The molecule has 1 N–H and O–H groups in total. The van der Waals surface area contributed by atoms with Crippen molar-refractivity contribution in [2.45, 2.75) is 52.1 Å². The summed E-state index contributed by atoms with van der Waals surface area (Å²) in [5.74, 6) is 1.42. The molecule has 0 aliphatic carbocycles. The summed E-state index contributed by atoms with van der Waals surface area (Å²) < 4.78 is 11.2. The van der Waals surface area contributed by atoms with E-state index in [0.717, 1.165) is 41.9 Å². The minimum atomic E-state index is -0.298. The molecule has 1 aliphatic heterocycles. The topological polar surface area (TPSA) is 58.6 Å². The third-order valence-corrected chi connectivity index (χ3v) is 5.95. The Labute approximate surface area is 171 Å². The van der Waals surface area contributed by atoms with Gasteiger partial charge in [0.05, 0.1) is 12.3 Å². The zero-order chi connectivity index (χ0) is 20.4. The van der Waals surface area contributed by atoms with Gasteiger partial charge in [-0.05, 0) is 79.7 Å². The van der Waals surface area contributed by atoms with Gasteiger partial charge in [0.2, 0.25) is 0 Å². The van der Waals surface area contributed by atoms with E-state index in [1.165, 1.54) is 18.4 Å². The van der Waals surface area contributed by atoms with Gasteiger partial charge in [0, 0.05) is 24.5 Å². The summed E-state index contributed by atoms with van der Waals surface area (Å²) >= 11 is 0. The van der Waals surface area contributed by atoms with Gasteiger partial charge < -0.3 is 14.2 Å². The van der Waals surface area contributed by atoms with E-state index in [2.05, 4.69) is 43.1 Å². The van der Waals surface area contributed by atoms with Gasteiger partial charge in [0.15, 0.2) is 0 Å². The number of aryl methyl sites for hydroxylation is 1. The van der Waals surface area contributed by atoms with Crippen molar-refractivity contribution in [1.82, 2.24) is 10.2 Å². The summed E-state index contributed by atoms with van der Waals surface area (Å²) in [5, 5.41) is 4.58.